The Morgan fingerprint density at radius 1 is 1.56 bits per heavy atom. The third-order valence-corrected chi connectivity index (χ3v) is 4.14. The number of pyridine rings is 1. The first-order valence-corrected chi connectivity index (χ1v) is 7.21. The summed E-state index contributed by atoms with van der Waals surface area (Å²) in [4.78, 5) is 17.7. The van der Waals surface area contributed by atoms with Gasteiger partial charge in [-0.1, -0.05) is 11.6 Å². The quantitative estimate of drug-likeness (QED) is 0.792. The number of hydrogen-bond acceptors (Lipinski definition) is 3. The lowest BCUT2D eigenvalue weighted by Gasteiger charge is -2.16. The highest BCUT2D eigenvalue weighted by Crippen LogP contribution is 2.21. The Bertz CT molecular complexity index is 555. The Labute approximate surface area is 123 Å². The van der Waals surface area contributed by atoms with Crippen molar-refractivity contribution in [2.75, 3.05) is 7.05 Å². The minimum atomic E-state index is -0.0681. The third kappa shape index (κ3) is 3.31. The van der Waals surface area contributed by atoms with Gasteiger partial charge in [0.25, 0.3) is 5.91 Å². The second-order valence-corrected chi connectivity index (χ2v) is 6.47. The van der Waals surface area contributed by atoms with E-state index in [0.29, 0.717) is 17.3 Å². The van der Waals surface area contributed by atoms with Crippen LogP contribution in [0.15, 0.2) is 33.6 Å². The zero-order valence-corrected chi connectivity index (χ0v) is 12.7. The molecule has 0 radical (unpaired) electrons. The molecule has 94 valence electrons. The largest absolute Gasteiger partial charge is 0.337 e. The van der Waals surface area contributed by atoms with Crippen LogP contribution in [0, 0.1) is 0 Å². The maximum Gasteiger partial charge on any atom is 0.255 e. The zero-order valence-electron chi connectivity index (χ0n) is 9.56. The molecule has 0 aliphatic carbocycles. The van der Waals surface area contributed by atoms with Crippen molar-refractivity contribution in [3.63, 3.8) is 0 Å². The first kappa shape index (κ1) is 13.5. The summed E-state index contributed by atoms with van der Waals surface area (Å²) in [7, 11) is 1.77. The minimum absolute atomic E-state index is 0.0681. The molecular formula is C12H10BrClN2OS. The molecule has 2 rings (SSSR count). The van der Waals surface area contributed by atoms with Gasteiger partial charge in [0, 0.05) is 19.8 Å². The highest BCUT2D eigenvalue weighted by molar-refractivity contribution is 9.11. The van der Waals surface area contributed by atoms with Crippen molar-refractivity contribution in [3.05, 3.63) is 49.8 Å². The fourth-order valence-electron chi connectivity index (χ4n) is 1.50. The van der Waals surface area contributed by atoms with E-state index >= 15 is 0 Å². The fourth-order valence-corrected chi connectivity index (χ4v) is 2.81. The van der Waals surface area contributed by atoms with Gasteiger partial charge in [-0.2, -0.15) is 0 Å². The van der Waals surface area contributed by atoms with Gasteiger partial charge in [-0.05, 0) is 45.1 Å². The molecule has 1 amide bonds. The Morgan fingerprint density at radius 2 is 2.33 bits per heavy atom. The van der Waals surface area contributed by atoms with Crippen molar-refractivity contribution in [2.45, 2.75) is 6.54 Å². The van der Waals surface area contributed by atoms with E-state index in [1.807, 2.05) is 11.4 Å². The smallest absolute Gasteiger partial charge is 0.255 e. The molecule has 0 aliphatic rings. The fraction of sp³-hybridized carbons (Fsp3) is 0.167. The monoisotopic (exact) mass is 344 g/mol. The topological polar surface area (TPSA) is 33.2 Å². The van der Waals surface area contributed by atoms with Gasteiger partial charge in [0.2, 0.25) is 0 Å². The molecule has 0 aliphatic heterocycles. The van der Waals surface area contributed by atoms with Crippen LogP contribution >= 0.6 is 38.9 Å². The molecular weight excluding hydrogens is 336 g/mol. The van der Waals surface area contributed by atoms with Crippen LogP contribution in [0.2, 0.25) is 5.15 Å². The maximum atomic E-state index is 12.1. The summed E-state index contributed by atoms with van der Waals surface area (Å²) in [5.41, 5.74) is 1.64. The van der Waals surface area contributed by atoms with Gasteiger partial charge in [0.15, 0.2) is 0 Å². The van der Waals surface area contributed by atoms with E-state index in [2.05, 4.69) is 20.9 Å². The van der Waals surface area contributed by atoms with E-state index in [1.165, 1.54) is 6.20 Å². The molecule has 0 N–H and O–H groups in total. The maximum absolute atomic E-state index is 12.1. The molecule has 18 heavy (non-hydrogen) atoms. The van der Waals surface area contributed by atoms with Crippen molar-refractivity contribution in [2.24, 2.45) is 0 Å². The van der Waals surface area contributed by atoms with Crippen LogP contribution in [-0.4, -0.2) is 22.8 Å². The first-order valence-electron chi connectivity index (χ1n) is 5.16. The van der Waals surface area contributed by atoms with Gasteiger partial charge >= 0.3 is 0 Å². The first-order chi connectivity index (χ1) is 8.56. The standard InChI is InChI=1S/C12H10BrClN2OS/c1-16(6-8-4-10(13)18-7-8)12(17)9-2-3-11(14)15-5-9/h2-5,7H,6H2,1H3. The Kier molecular flexibility index (Phi) is 4.37. The summed E-state index contributed by atoms with van der Waals surface area (Å²) in [6.45, 7) is 0.573. The number of carbonyl (C=O) groups is 1. The molecule has 0 atom stereocenters. The van der Waals surface area contributed by atoms with E-state index in [-0.39, 0.29) is 5.91 Å². The van der Waals surface area contributed by atoms with Crippen LogP contribution in [0.3, 0.4) is 0 Å². The number of thiophene rings is 1. The van der Waals surface area contributed by atoms with Gasteiger partial charge in [0.05, 0.1) is 9.35 Å². The van der Waals surface area contributed by atoms with Crippen LogP contribution in [0.25, 0.3) is 0 Å². The van der Waals surface area contributed by atoms with Gasteiger partial charge in [-0.3, -0.25) is 4.79 Å². The van der Waals surface area contributed by atoms with Crippen LogP contribution < -0.4 is 0 Å². The predicted molar refractivity (Wildman–Crippen MR) is 77.1 cm³/mol. The third-order valence-electron chi connectivity index (χ3n) is 2.36. The highest BCUT2D eigenvalue weighted by atomic mass is 79.9. The summed E-state index contributed by atoms with van der Waals surface area (Å²) in [5, 5.41) is 2.41. The average molecular weight is 346 g/mol. The second kappa shape index (κ2) is 5.82. The number of amides is 1. The Balaban J connectivity index is 2.07. The van der Waals surface area contributed by atoms with Gasteiger partial charge in [0.1, 0.15) is 5.15 Å². The van der Waals surface area contributed by atoms with E-state index in [0.717, 1.165) is 9.35 Å². The van der Waals surface area contributed by atoms with E-state index in [4.69, 9.17) is 11.6 Å². The van der Waals surface area contributed by atoms with Crippen LogP contribution in [0.1, 0.15) is 15.9 Å². The van der Waals surface area contributed by atoms with E-state index < -0.39 is 0 Å². The minimum Gasteiger partial charge on any atom is -0.337 e. The van der Waals surface area contributed by atoms with Gasteiger partial charge in [-0.25, -0.2) is 4.98 Å². The van der Waals surface area contributed by atoms with E-state index in [9.17, 15) is 4.79 Å². The molecule has 6 heteroatoms. The molecule has 0 aromatic carbocycles. The summed E-state index contributed by atoms with van der Waals surface area (Å²) in [5.74, 6) is -0.0681. The molecule has 3 nitrogen and oxygen atoms in total. The Morgan fingerprint density at radius 3 is 2.89 bits per heavy atom. The van der Waals surface area contributed by atoms with Crippen molar-refractivity contribution < 1.29 is 4.79 Å². The molecule has 2 heterocycles. The molecule has 0 unspecified atom stereocenters. The van der Waals surface area contributed by atoms with Crippen molar-refractivity contribution in [1.29, 1.82) is 0 Å². The molecule has 0 fully saturated rings. The Hall–Kier alpha value is -0.910. The molecule has 2 aromatic rings. The predicted octanol–water partition coefficient (Wildman–Crippen LogP) is 3.83. The number of hydrogen-bond donors (Lipinski definition) is 0. The number of rotatable bonds is 3. The molecule has 0 bridgehead atoms. The normalized spacial score (nSPS) is 10.4. The summed E-state index contributed by atoms with van der Waals surface area (Å²) >= 11 is 10.7. The average Bonchev–Trinajstić information content (AvgIpc) is 2.75. The highest BCUT2D eigenvalue weighted by Gasteiger charge is 2.12. The van der Waals surface area contributed by atoms with Crippen molar-refractivity contribution >= 4 is 44.8 Å². The van der Waals surface area contributed by atoms with Crippen molar-refractivity contribution in [3.8, 4) is 0 Å². The van der Waals surface area contributed by atoms with Crippen LogP contribution in [0.4, 0.5) is 0 Å². The van der Waals surface area contributed by atoms with Gasteiger partial charge < -0.3 is 4.90 Å². The molecule has 0 saturated heterocycles. The number of aromatic nitrogens is 1. The lowest BCUT2D eigenvalue weighted by Crippen LogP contribution is -2.26. The number of halogens is 2. The molecule has 2 aromatic heterocycles. The number of nitrogens with zero attached hydrogens (tertiary/aromatic N) is 2. The SMILES string of the molecule is CN(Cc1csc(Br)c1)C(=O)c1ccc(Cl)nc1. The summed E-state index contributed by atoms with van der Waals surface area (Å²) < 4.78 is 1.06. The van der Waals surface area contributed by atoms with Crippen LogP contribution in [-0.2, 0) is 6.54 Å². The van der Waals surface area contributed by atoms with Crippen LogP contribution in [0.5, 0.6) is 0 Å². The molecule has 0 spiro atoms. The summed E-state index contributed by atoms with van der Waals surface area (Å²) in [6.07, 6.45) is 1.49. The molecule has 0 saturated carbocycles. The summed E-state index contributed by atoms with van der Waals surface area (Å²) in [6, 6.07) is 5.30. The van der Waals surface area contributed by atoms with E-state index in [1.54, 1.807) is 35.4 Å². The van der Waals surface area contributed by atoms with Gasteiger partial charge in [-0.15, -0.1) is 11.3 Å². The lowest BCUT2D eigenvalue weighted by molar-refractivity contribution is 0.0785. The lowest BCUT2D eigenvalue weighted by atomic mass is 10.2. The number of carbonyl (C=O) groups excluding carboxylic acids is 1. The zero-order chi connectivity index (χ0) is 13.1. The second-order valence-electron chi connectivity index (χ2n) is 3.79. The van der Waals surface area contributed by atoms with Crippen molar-refractivity contribution in [1.82, 2.24) is 9.88 Å².